The minimum atomic E-state index is -0.302. The van der Waals surface area contributed by atoms with Crippen LogP contribution >= 0.6 is 0 Å². The predicted octanol–water partition coefficient (Wildman–Crippen LogP) is 2.28. The molecular formula is C21H20N4O3. The third-order valence-electron chi connectivity index (χ3n) is 5.30. The van der Waals surface area contributed by atoms with E-state index >= 15 is 0 Å². The first-order valence-electron chi connectivity index (χ1n) is 9.39. The molecule has 1 aromatic carbocycles. The lowest BCUT2D eigenvalue weighted by atomic mass is 10.2. The van der Waals surface area contributed by atoms with E-state index in [-0.39, 0.29) is 11.2 Å². The summed E-state index contributed by atoms with van der Waals surface area (Å²) in [6.07, 6.45) is 3.89. The van der Waals surface area contributed by atoms with E-state index in [4.69, 9.17) is 4.74 Å². The molecule has 0 unspecified atom stereocenters. The Labute approximate surface area is 160 Å². The first-order valence-corrected chi connectivity index (χ1v) is 9.39. The fourth-order valence-electron chi connectivity index (χ4n) is 3.61. The van der Waals surface area contributed by atoms with E-state index in [1.807, 2.05) is 30.3 Å². The third-order valence-corrected chi connectivity index (χ3v) is 5.30. The molecular weight excluding hydrogens is 356 g/mol. The molecule has 7 heteroatoms. The van der Waals surface area contributed by atoms with Gasteiger partial charge < -0.3 is 4.74 Å². The van der Waals surface area contributed by atoms with E-state index in [0.717, 1.165) is 18.4 Å². The molecule has 1 aliphatic rings. The van der Waals surface area contributed by atoms with Gasteiger partial charge in [0.25, 0.3) is 5.56 Å². The molecule has 5 rings (SSSR count). The number of hydrogen-bond donors (Lipinski definition) is 0. The van der Waals surface area contributed by atoms with Crippen LogP contribution in [0.15, 0.2) is 58.3 Å². The zero-order valence-corrected chi connectivity index (χ0v) is 15.5. The number of pyridine rings is 1. The maximum Gasteiger partial charge on any atom is 0.333 e. The summed E-state index contributed by atoms with van der Waals surface area (Å²) in [7, 11) is 1.59. The lowest BCUT2D eigenvalue weighted by Gasteiger charge is -2.11. The van der Waals surface area contributed by atoms with Crippen molar-refractivity contribution in [2.24, 2.45) is 5.92 Å². The monoisotopic (exact) mass is 376 g/mol. The smallest absolute Gasteiger partial charge is 0.333 e. The number of fused-ring (bicyclic) bond motifs is 3. The van der Waals surface area contributed by atoms with Crippen molar-refractivity contribution in [3.63, 3.8) is 0 Å². The van der Waals surface area contributed by atoms with E-state index in [9.17, 15) is 9.59 Å². The molecule has 142 valence electrons. The van der Waals surface area contributed by atoms with Crippen molar-refractivity contribution in [1.82, 2.24) is 18.5 Å². The number of benzene rings is 1. The Morgan fingerprint density at radius 2 is 1.89 bits per heavy atom. The van der Waals surface area contributed by atoms with Gasteiger partial charge in [0.05, 0.1) is 13.7 Å². The van der Waals surface area contributed by atoms with Gasteiger partial charge >= 0.3 is 5.69 Å². The van der Waals surface area contributed by atoms with E-state index in [2.05, 4.69) is 4.98 Å². The van der Waals surface area contributed by atoms with Gasteiger partial charge in [0, 0.05) is 18.8 Å². The summed E-state index contributed by atoms with van der Waals surface area (Å²) in [5.41, 5.74) is 1.81. The molecule has 0 radical (unpaired) electrons. The van der Waals surface area contributed by atoms with Crippen LogP contribution in [0.4, 0.5) is 0 Å². The quantitative estimate of drug-likeness (QED) is 0.536. The Kier molecular flexibility index (Phi) is 3.82. The first-order chi connectivity index (χ1) is 13.7. The summed E-state index contributed by atoms with van der Waals surface area (Å²) in [5.74, 6) is 1.06. The summed E-state index contributed by atoms with van der Waals surface area (Å²) >= 11 is 0. The van der Waals surface area contributed by atoms with Gasteiger partial charge in [-0.15, -0.1) is 0 Å². The average molecular weight is 376 g/mol. The molecule has 0 bridgehead atoms. The Bertz CT molecular complexity index is 1300. The second-order valence-corrected chi connectivity index (χ2v) is 7.29. The van der Waals surface area contributed by atoms with Crippen molar-refractivity contribution in [2.75, 3.05) is 7.11 Å². The van der Waals surface area contributed by atoms with Crippen LogP contribution in [0.1, 0.15) is 18.4 Å². The second kappa shape index (κ2) is 6.37. The molecule has 1 fully saturated rings. The van der Waals surface area contributed by atoms with Gasteiger partial charge in [-0.25, -0.2) is 9.78 Å². The van der Waals surface area contributed by atoms with Gasteiger partial charge in [0.2, 0.25) is 0 Å². The Balaban J connectivity index is 1.82. The molecule has 7 nitrogen and oxygen atoms in total. The second-order valence-electron chi connectivity index (χ2n) is 7.29. The Morgan fingerprint density at radius 1 is 1.11 bits per heavy atom. The van der Waals surface area contributed by atoms with Crippen LogP contribution in [-0.2, 0) is 13.1 Å². The topological polar surface area (TPSA) is 70.5 Å². The largest absolute Gasteiger partial charge is 0.497 e. The molecule has 0 spiro atoms. The number of methoxy groups -OCH3 is 1. The number of nitrogens with zero attached hydrogens (tertiary/aromatic N) is 4. The highest BCUT2D eigenvalue weighted by Gasteiger charge is 2.26. The van der Waals surface area contributed by atoms with Gasteiger partial charge in [-0.05, 0) is 30.4 Å². The molecule has 28 heavy (non-hydrogen) atoms. The van der Waals surface area contributed by atoms with E-state index < -0.39 is 0 Å². The highest BCUT2D eigenvalue weighted by molar-refractivity contribution is 5.77. The van der Waals surface area contributed by atoms with Crippen molar-refractivity contribution in [2.45, 2.75) is 25.9 Å². The number of imidazole rings is 1. The number of aromatic nitrogens is 4. The van der Waals surface area contributed by atoms with Gasteiger partial charge in [-0.2, -0.15) is 0 Å². The summed E-state index contributed by atoms with van der Waals surface area (Å²) in [6, 6.07) is 13.3. The number of ether oxygens (including phenoxy) is 1. The van der Waals surface area contributed by atoms with Crippen LogP contribution in [0.25, 0.3) is 16.8 Å². The summed E-state index contributed by atoms with van der Waals surface area (Å²) < 4.78 is 10.00. The van der Waals surface area contributed by atoms with Crippen LogP contribution < -0.4 is 16.0 Å². The van der Waals surface area contributed by atoms with E-state index in [1.54, 1.807) is 34.4 Å². The fraction of sp³-hybridized carbons (Fsp3) is 0.286. The molecule has 3 aromatic heterocycles. The molecule has 0 atom stereocenters. The average Bonchev–Trinajstić information content (AvgIpc) is 3.46. The van der Waals surface area contributed by atoms with Gasteiger partial charge in [0.15, 0.2) is 11.2 Å². The fourth-order valence-corrected chi connectivity index (χ4v) is 3.61. The number of rotatable bonds is 5. The molecule has 1 saturated carbocycles. The van der Waals surface area contributed by atoms with Crippen LogP contribution in [-0.4, -0.2) is 25.6 Å². The summed E-state index contributed by atoms with van der Waals surface area (Å²) in [4.78, 5) is 31.0. The van der Waals surface area contributed by atoms with Gasteiger partial charge in [-0.3, -0.25) is 18.3 Å². The normalized spacial score (nSPS) is 14.0. The molecule has 0 N–H and O–H groups in total. The zero-order chi connectivity index (χ0) is 19.3. The van der Waals surface area contributed by atoms with Gasteiger partial charge in [0.1, 0.15) is 11.4 Å². The maximum absolute atomic E-state index is 13.2. The molecule has 3 heterocycles. The van der Waals surface area contributed by atoms with E-state index in [0.29, 0.717) is 41.6 Å². The highest BCUT2D eigenvalue weighted by Crippen LogP contribution is 2.30. The Hall–Kier alpha value is -3.35. The zero-order valence-electron chi connectivity index (χ0n) is 15.5. The molecule has 0 amide bonds. The molecule has 1 aliphatic carbocycles. The SMILES string of the molecule is COc1ccn2c(c1)nc1c2c(=O)n(CC2CC2)c(=O)n1Cc1ccccc1. The number of hydrogen-bond acceptors (Lipinski definition) is 4. The van der Waals surface area contributed by atoms with Crippen molar-refractivity contribution < 1.29 is 4.74 Å². The van der Waals surface area contributed by atoms with Crippen molar-refractivity contribution in [3.05, 3.63) is 75.1 Å². The first kappa shape index (κ1) is 16.8. The van der Waals surface area contributed by atoms with Crippen LogP contribution in [0.5, 0.6) is 5.75 Å². The lowest BCUT2D eigenvalue weighted by molar-refractivity contribution is 0.414. The van der Waals surface area contributed by atoms with Crippen molar-refractivity contribution >= 4 is 16.8 Å². The third kappa shape index (κ3) is 2.70. The van der Waals surface area contributed by atoms with Crippen LogP contribution in [0, 0.1) is 5.92 Å². The van der Waals surface area contributed by atoms with Crippen LogP contribution in [0.3, 0.4) is 0 Å². The highest BCUT2D eigenvalue weighted by atomic mass is 16.5. The molecule has 0 aliphatic heterocycles. The lowest BCUT2D eigenvalue weighted by Crippen LogP contribution is -2.41. The summed E-state index contributed by atoms with van der Waals surface area (Å²) in [6.45, 7) is 0.827. The van der Waals surface area contributed by atoms with Crippen LogP contribution in [0.2, 0.25) is 0 Å². The minimum Gasteiger partial charge on any atom is -0.497 e. The van der Waals surface area contributed by atoms with Crippen molar-refractivity contribution in [1.29, 1.82) is 0 Å². The predicted molar refractivity (Wildman–Crippen MR) is 106 cm³/mol. The van der Waals surface area contributed by atoms with Gasteiger partial charge in [-0.1, -0.05) is 30.3 Å². The molecule has 0 saturated heterocycles. The van der Waals surface area contributed by atoms with Crippen molar-refractivity contribution in [3.8, 4) is 5.75 Å². The minimum absolute atomic E-state index is 0.283. The maximum atomic E-state index is 13.2. The Morgan fingerprint density at radius 3 is 2.61 bits per heavy atom. The van der Waals surface area contributed by atoms with E-state index in [1.165, 1.54) is 4.57 Å². The summed E-state index contributed by atoms with van der Waals surface area (Å²) in [5, 5.41) is 0. The standard InChI is InChI=1S/C21H20N4O3/c1-28-16-9-10-23-17(11-16)22-19-18(23)20(26)25(13-15-7-8-15)21(27)24(19)12-14-5-3-2-4-6-14/h2-6,9-11,15H,7-8,12-13H2,1H3. The molecule has 4 aromatic rings.